The Morgan fingerprint density at radius 2 is 1.76 bits per heavy atom. The lowest BCUT2D eigenvalue weighted by atomic mass is 10.3. The number of halogens is 2. The van der Waals surface area contributed by atoms with Gasteiger partial charge in [-0.1, -0.05) is 23.2 Å². The Kier molecular flexibility index (Phi) is 10.5. The number of hydrogen-bond acceptors (Lipinski definition) is 3. The lowest BCUT2D eigenvalue weighted by Crippen LogP contribution is -2.45. The second-order valence-electron chi connectivity index (χ2n) is 6.48. The Hall–Kier alpha value is -0.750. The molecular weight excluding hydrogens is 377 g/mol. The highest BCUT2D eigenvalue weighted by molar-refractivity contribution is 7.80. The highest BCUT2D eigenvalue weighted by Crippen LogP contribution is 2.24. The first-order valence-corrected chi connectivity index (χ1v) is 9.74. The molecule has 0 amide bonds. The number of ether oxygens (including phenoxy) is 1. The van der Waals surface area contributed by atoms with Crippen LogP contribution in [0.3, 0.4) is 0 Å². The SMILES string of the molecule is CC(C)N(CCCOc1cc(Cl)cc(Cl)c1)C(=S)NCCCN(C)C. The van der Waals surface area contributed by atoms with E-state index in [9.17, 15) is 0 Å². The molecule has 0 fully saturated rings. The average Bonchev–Trinajstić information content (AvgIpc) is 2.49. The summed E-state index contributed by atoms with van der Waals surface area (Å²) in [4.78, 5) is 4.36. The van der Waals surface area contributed by atoms with Gasteiger partial charge in [0.2, 0.25) is 0 Å². The summed E-state index contributed by atoms with van der Waals surface area (Å²) in [6, 6.07) is 5.57. The average molecular weight is 406 g/mol. The number of benzene rings is 1. The number of nitrogens with one attached hydrogen (secondary N) is 1. The fourth-order valence-electron chi connectivity index (χ4n) is 2.32. The minimum atomic E-state index is 0.342. The molecule has 1 rings (SSSR count). The van der Waals surface area contributed by atoms with Gasteiger partial charge in [-0.15, -0.1) is 0 Å². The maximum Gasteiger partial charge on any atom is 0.169 e. The zero-order valence-corrected chi connectivity index (χ0v) is 17.8. The molecule has 0 aliphatic heterocycles. The number of rotatable bonds is 10. The topological polar surface area (TPSA) is 27.7 Å². The molecule has 4 nitrogen and oxygen atoms in total. The summed E-state index contributed by atoms with van der Waals surface area (Å²) in [7, 11) is 4.15. The van der Waals surface area contributed by atoms with Crippen LogP contribution >= 0.6 is 35.4 Å². The largest absolute Gasteiger partial charge is 0.493 e. The summed E-state index contributed by atoms with van der Waals surface area (Å²) in [5, 5.41) is 5.31. The molecule has 0 spiro atoms. The molecule has 0 radical (unpaired) electrons. The first kappa shape index (κ1) is 22.3. The molecule has 0 atom stereocenters. The molecule has 0 aliphatic rings. The molecule has 1 N–H and O–H groups in total. The zero-order valence-electron chi connectivity index (χ0n) is 15.5. The van der Waals surface area contributed by atoms with Crippen molar-refractivity contribution >= 4 is 40.5 Å². The summed E-state index contributed by atoms with van der Waals surface area (Å²) in [5.41, 5.74) is 0. The van der Waals surface area contributed by atoms with Crippen molar-refractivity contribution in [2.75, 3.05) is 40.3 Å². The Labute approximate surface area is 167 Å². The third kappa shape index (κ3) is 9.50. The maximum atomic E-state index is 5.98. The van der Waals surface area contributed by atoms with Crippen molar-refractivity contribution in [2.45, 2.75) is 32.7 Å². The van der Waals surface area contributed by atoms with Gasteiger partial charge in [0.05, 0.1) is 6.61 Å². The van der Waals surface area contributed by atoms with Crippen molar-refractivity contribution in [1.82, 2.24) is 15.1 Å². The molecule has 0 bridgehead atoms. The molecule has 0 saturated carbocycles. The van der Waals surface area contributed by atoms with Gasteiger partial charge in [0.15, 0.2) is 5.11 Å². The predicted molar refractivity (Wildman–Crippen MR) is 112 cm³/mol. The third-order valence-electron chi connectivity index (χ3n) is 3.59. The minimum absolute atomic E-state index is 0.342. The van der Waals surface area contributed by atoms with E-state index < -0.39 is 0 Å². The van der Waals surface area contributed by atoms with Gasteiger partial charge in [0, 0.05) is 29.2 Å². The highest BCUT2D eigenvalue weighted by atomic mass is 35.5. The van der Waals surface area contributed by atoms with E-state index in [1.54, 1.807) is 18.2 Å². The Balaban J connectivity index is 2.35. The molecule has 0 unspecified atom stereocenters. The van der Waals surface area contributed by atoms with Gasteiger partial charge in [0.1, 0.15) is 5.75 Å². The molecule has 25 heavy (non-hydrogen) atoms. The zero-order chi connectivity index (χ0) is 18.8. The molecule has 0 heterocycles. The van der Waals surface area contributed by atoms with Gasteiger partial charge in [-0.25, -0.2) is 0 Å². The van der Waals surface area contributed by atoms with E-state index in [2.05, 4.69) is 43.1 Å². The fourth-order valence-corrected chi connectivity index (χ4v) is 3.23. The van der Waals surface area contributed by atoms with Crippen molar-refractivity contribution in [1.29, 1.82) is 0 Å². The lowest BCUT2D eigenvalue weighted by molar-refractivity contribution is 0.268. The molecule has 0 saturated heterocycles. The van der Waals surface area contributed by atoms with Crippen molar-refractivity contribution < 1.29 is 4.74 Å². The van der Waals surface area contributed by atoms with Crippen molar-refractivity contribution in [3.8, 4) is 5.75 Å². The van der Waals surface area contributed by atoms with Crippen LogP contribution in [0.1, 0.15) is 26.7 Å². The first-order chi connectivity index (χ1) is 11.8. The second-order valence-corrected chi connectivity index (χ2v) is 7.74. The molecule has 0 aromatic heterocycles. The summed E-state index contributed by atoms with van der Waals surface area (Å²) in [6.45, 7) is 7.65. The van der Waals surface area contributed by atoms with Gasteiger partial charge in [-0.2, -0.15) is 0 Å². The third-order valence-corrected chi connectivity index (χ3v) is 4.41. The van der Waals surface area contributed by atoms with Crippen LogP contribution in [-0.2, 0) is 0 Å². The van der Waals surface area contributed by atoms with Crippen molar-refractivity contribution in [3.63, 3.8) is 0 Å². The van der Waals surface area contributed by atoms with E-state index in [4.69, 9.17) is 40.2 Å². The van der Waals surface area contributed by atoms with Crippen LogP contribution in [0, 0.1) is 0 Å². The normalized spacial score (nSPS) is 11.0. The number of hydrogen-bond donors (Lipinski definition) is 1. The van der Waals surface area contributed by atoms with Gasteiger partial charge >= 0.3 is 0 Å². The van der Waals surface area contributed by atoms with E-state index in [-0.39, 0.29) is 0 Å². The summed E-state index contributed by atoms with van der Waals surface area (Å²) < 4.78 is 5.74. The molecule has 1 aromatic rings. The van der Waals surface area contributed by atoms with Crippen LogP contribution in [0.5, 0.6) is 5.75 Å². The summed E-state index contributed by atoms with van der Waals surface area (Å²) >= 11 is 17.5. The van der Waals surface area contributed by atoms with Crippen LogP contribution in [0.25, 0.3) is 0 Å². The van der Waals surface area contributed by atoms with Crippen LogP contribution in [0.4, 0.5) is 0 Å². The van der Waals surface area contributed by atoms with Crippen LogP contribution in [0.15, 0.2) is 18.2 Å². The second kappa shape index (κ2) is 11.8. The smallest absolute Gasteiger partial charge is 0.169 e. The Bertz CT molecular complexity index is 521. The van der Waals surface area contributed by atoms with Gasteiger partial charge < -0.3 is 19.9 Å². The predicted octanol–water partition coefficient (Wildman–Crippen LogP) is 4.30. The van der Waals surface area contributed by atoms with Crippen LogP contribution in [0.2, 0.25) is 10.0 Å². The lowest BCUT2D eigenvalue weighted by Gasteiger charge is -2.30. The number of nitrogens with zero attached hydrogens (tertiary/aromatic N) is 2. The highest BCUT2D eigenvalue weighted by Gasteiger charge is 2.12. The number of thiocarbonyl (C=S) groups is 1. The molecule has 1 aromatic carbocycles. The van der Waals surface area contributed by atoms with E-state index in [1.165, 1.54) is 0 Å². The molecule has 0 aliphatic carbocycles. The Morgan fingerprint density at radius 1 is 1.12 bits per heavy atom. The van der Waals surface area contributed by atoms with Gasteiger partial charge in [-0.3, -0.25) is 0 Å². The quantitative estimate of drug-likeness (QED) is 0.462. The van der Waals surface area contributed by atoms with Gasteiger partial charge in [0.25, 0.3) is 0 Å². The van der Waals surface area contributed by atoms with Crippen LogP contribution < -0.4 is 10.1 Å². The fraction of sp³-hybridized carbons (Fsp3) is 0.611. The molecule has 142 valence electrons. The first-order valence-electron chi connectivity index (χ1n) is 8.57. The molecule has 7 heteroatoms. The summed E-state index contributed by atoms with van der Waals surface area (Å²) in [6.07, 6.45) is 1.93. The summed E-state index contributed by atoms with van der Waals surface area (Å²) in [5.74, 6) is 0.693. The maximum absolute atomic E-state index is 5.98. The van der Waals surface area contributed by atoms with E-state index in [0.29, 0.717) is 28.4 Å². The minimum Gasteiger partial charge on any atom is -0.493 e. The van der Waals surface area contributed by atoms with Crippen molar-refractivity contribution in [2.24, 2.45) is 0 Å². The Morgan fingerprint density at radius 3 is 2.32 bits per heavy atom. The van der Waals surface area contributed by atoms with E-state index in [1.807, 2.05) is 0 Å². The van der Waals surface area contributed by atoms with Crippen LogP contribution in [-0.4, -0.2) is 61.3 Å². The van der Waals surface area contributed by atoms with E-state index in [0.717, 1.165) is 37.6 Å². The molecular formula is C18H29Cl2N3OS. The standard InChI is InChI=1S/C18H29Cl2N3OS/c1-14(2)23(18(25)21-7-5-8-22(3)4)9-6-10-24-17-12-15(19)11-16(20)13-17/h11-14H,5-10H2,1-4H3,(H,21,25). The monoisotopic (exact) mass is 405 g/mol. The van der Waals surface area contributed by atoms with Gasteiger partial charge in [-0.05, 0) is 77.7 Å². The van der Waals surface area contributed by atoms with E-state index >= 15 is 0 Å². The van der Waals surface area contributed by atoms with Crippen molar-refractivity contribution in [3.05, 3.63) is 28.2 Å².